The Hall–Kier alpha value is -0.290. The Morgan fingerprint density at radius 1 is 1.28 bits per heavy atom. The van der Waals surface area contributed by atoms with Crippen molar-refractivity contribution < 1.29 is 0 Å². The van der Waals surface area contributed by atoms with Gasteiger partial charge in [0.25, 0.3) is 0 Å². The molecule has 96 valence electrons. The zero-order chi connectivity index (χ0) is 12.8. The predicted octanol–water partition coefficient (Wildman–Crippen LogP) is 4.91. The van der Waals surface area contributed by atoms with Crippen molar-refractivity contribution in [2.24, 2.45) is 0 Å². The van der Waals surface area contributed by atoms with Gasteiger partial charge in [-0.1, -0.05) is 19.1 Å². The highest BCUT2D eigenvalue weighted by atomic mass is 79.9. The van der Waals surface area contributed by atoms with E-state index in [0.29, 0.717) is 0 Å². The molecule has 2 rings (SSSR count). The van der Waals surface area contributed by atoms with Gasteiger partial charge in [-0.05, 0) is 46.2 Å². The van der Waals surface area contributed by atoms with E-state index >= 15 is 0 Å². The van der Waals surface area contributed by atoms with E-state index in [1.807, 2.05) is 11.8 Å². The summed E-state index contributed by atoms with van der Waals surface area (Å²) in [6.45, 7) is 4.10. The maximum atomic E-state index is 3.49. The first-order chi connectivity index (χ1) is 8.78. The molecule has 0 spiro atoms. The number of rotatable bonds is 6. The molecule has 4 heteroatoms. The summed E-state index contributed by atoms with van der Waals surface area (Å²) >= 11 is 7.18. The van der Waals surface area contributed by atoms with Gasteiger partial charge in [0, 0.05) is 31.9 Å². The van der Waals surface area contributed by atoms with Gasteiger partial charge in [0.1, 0.15) is 0 Å². The lowest BCUT2D eigenvalue weighted by Gasteiger charge is -2.04. The van der Waals surface area contributed by atoms with Crippen LogP contribution in [0.4, 0.5) is 0 Å². The van der Waals surface area contributed by atoms with Crippen molar-refractivity contribution in [1.29, 1.82) is 0 Å². The molecule has 0 unspecified atom stereocenters. The number of thiophene rings is 1. The summed E-state index contributed by atoms with van der Waals surface area (Å²) in [6.07, 6.45) is 0. The lowest BCUT2D eigenvalue weighted by Crippen LogP contribution is -2.11. The van der Waals surface area contributed by atoms with Crippen LogP contribution in [0.15, 0.2) is 45.1 Å². The van der Waals surface area contributed by atoms with Gasteiger partial charge in [-0.2, -0.15) is 0 Å². The van der Waals surface area contributed by atoms with Crippen molar-refractivity contribution in [1.82, 2.24) is 5.32 Å². The van der Waals surface area contributed by atoms with E-state index in [1.165, 1.54) is 19.8 Å². The average Bonchev–Trinajstić information content (AvgIpc) is 2.81. The molecular formula is C14H16BrNS2. The van der Waals surface area contributed by atoms with Gasteiger partial charge in [-0.15, -0.1) is 23.1 Å². The Kier molecular flexibility index (Phi) is 5.76. The summed E-state index contributed by atoms with van der Waals surface area (Å²) in [4.78, 5) is 2.74. The van der Waals surface area contributed by atoms with Crippen LogP contribution >= 0.6 is 39.0 Å². The van der Waals surface area contributed by atoms with Crippen LogP contribution in [0.3, 0.4) is 0 Å². The van der Waals surface area contributed by atoms with Crippen LogP contribution in [0.25, 0.3) is 0 Å². The van der Waals surface area contributed by atoms with E-state index in [4.69, 9.17) is 0 Å². The van der Waals surface area contributed by atoms with Crippen molar-refractivity contribution in [2.75, 3.05) is 6.54 Å². The first-order valence-electron chi connectivity index (χ1n) is 5.93. The first kappa shape index (κ1) is 14.1. The fraction of sp³-hybridized carbons (Fsp3) is 0.286. The second kappa shape index (κ2) is 7.34. The molecule has 1 aromatic carbocycles. The van der Waals surface area contributed by atoms with Gasteiger partial charge in [-0.25, -0.2) is 0 Å². The highest BCUT2D eigenvalue weighted by Gasteiger charge is 2.00. The average molecular weight is 342 g/mol. The van der Waals surface area contributed by atoms with Crippen molar-refractivity contribution in [3.8, 4) is 0 Å². The second-order valence-corrected chi connectivity index (χ2v) is 6.90. The quantitative estimate of drug-likeness (QED) is 0.749. The molecular weight excluding hydrogens is 326 g/mol. The Morgan fingerprint density at radius 3 is 2.67 bits per heavy atom. The topological polar surface area (TPSA) is 12.0 Å². The minimum Gasteiger partial charge on any atom is -0.313 e. The largest absolute Gasteiger partial charge is 0.313 e. The molecule has 0 aliphatic rings. The molecule has 0 bridgehead atoms. The number of hydrogen-bond acceptors (Lipinski definition) is 3. The minimum atomic E-state index is 0.958. The van der Waals surface area contributed by atoms with Gasteiger partial charge < -0.3 is 5.32 Å². The molecule has 0 saturated heterocycles. The van der Waals surface area contributed by atoms with Gasteiger partial charge >= 0.3 is 0 Å². The minimum absolute atomic E-state index is 0.958. The molecule has 0 fully saturated rings. The van der Waals surface area contributed by atoms with Gasteiger partial charge in [0.15, 0.2) is 0 Å². The van der Waals surface area contributed by atoms with Crippen molar-refractivity contribution in [3.63, 3.8) is 0 Å². The summed E-state index contributed by atoms with van der Waals surface area (Å²) in [5.74, 6) is 1.04. The fourth-order valence-electron chi connectivity index (χ4n) is 1.56. The number of hydrogen-bond donors (Lipinski definition) is 1. The van der Waals surface area contributed by atoms with E-state index in [9.17, 15) is 0 Å². The van der Waals surface area contributed by atoms with Crippen LogP contribution in [0.1, 0.15) is 17.4 Å². The van der Waals surface area contributed by atoms with Gasteiger partial charge in [0.05, 0.1) is 0 Å². The summed E-state index contributed by atoms with van der Waals surface area (Å²) < 4.78 is 1.18. The molecule has 0 saturated carbocycles. The van der Waals surface area contributed by atoms with E-state index in [1.54, 1.807) is 11.3 Å². The molecule has 1 nitrogen and oxygen atoms in total. The number of halogens is 1. The molecule has 0 amide bonds. The molecule has 0 atom stereocenters. The van der Waals surface area contributed by atoms with Crippen LogP contribution in [0.5, 0.6) is 0 Å². The maximum Gasteiger partial charge on any atom is 0.0326 e. The molecule has 1 N–H and O–H groups in total. The zero-order valence-electron chi connectivity index (χ0n) is 10.3. The van der Waals surface area contributed by atoms with Crippen LogP contribution in [-0.2, 0) is 12.3 Å². The Morgan fingerprint density at radius 2 is 2.06 bits per heavy atom. The third kappa shape index (κ3) is 4.43. The Bertz CT molecular complexity index is 479. The van der Waals surface area contributed by atoms with Crippen molar-refractivity contribution in [3.05, 3.63) is 50.6 Å². The van der Waals surface area contributed by atoms with Crippen molar-refractivity contribution >= 4 is 39.0 Å². The Balaban J connectivity index is 1.86. The third-order valence-electron chi connectivity index (χ3n) is 2.51. The SMILES string of the molecule is CCNCc1ccc(SCc2cc(Br)cs2)cc1. The highest BCUT2D eigenvalue weighted by molar-refractivity contribution is 9.10. The second-order valence-electron chi connectivity index (χ2n) is 3.94. The predicted molar refractivity (Wildman–Crippen MR) is 85.4 cm³/mol. The molecule has 0 aliphatic heterocycles. The molecule has 1 aromatic heterocycles. The van der Waals surface area contributed by atoms with Gasteiger partial charge in [-0.3, -0.25) is 0 Å². The van der Waals surface area contributed by atoms with E-state index in [2.05, 4.69) is 63.9 Å². The monoisotopic (exact) mass is 341 g/mol. The van der Waals surface area contributed by atoms with Crippen molar-refractivity contribution in [2.45, 2.75) is 24.1 Å². The van der Waals surface area contributed by atoms with Gasteiger partial charge in [0.2, 0.25) is 0 Å². The lowest BCUT2D eigenvalue weighted by molar-refractivity contribution is 0.726. The lowest BCUT2D eigenvalue weighted by atomic mass is 10.2. The number of thioether (sulfide) groups is 1. The summed E-state index contributed by atoms with van der Waals surface area (Å²) in [5.41, 5.74) is 1.35. The normalized spacial score (nSPS) is 10.8. The molecule has 0 radical (unpaired) electrons. The summed E-state index contributed by atoms with van der Waals surface area (Å²) in [6, 6.07) is 11.0. The molecule has 0 aliphatic carbocycles. The Labute approximate surface area is 125 Å². The highest BCUT2D eigenvalue weighted by Crippen LogP contribution is 2.28. The zero-order valence-corrected chi connectivity index (χ0v) is 13.5. The van der Waals surface area contributed by atoms with E-state index in [0.717, 1.165) is 18.8 Å². The smallest absolute Gasteiger partial charge is 0.0326 e. The number of nitrogens with one attached hydrogen (secondary N) is 1. The molecule has 1 heterocycles. The van der Waals surface area contributed by atoms with E-state index < -0.39 is 0 Å². The van der Waals surface area contributed by atoms with Crippen LogP contribution < -0.4 is 5.32 Å². The van der Waals surface area contributed by atoms with Crippen LogP contribution in [-0.4, -0.2) is 6.54 Å². The summed E-state index contributed by atoms with van der Waals surface area (Å²) in [5, 5.41) is 5.47. The third-order valence-corrected chi connectivity index (χ3v) is 5.45. The van der Waals surface area contributed by atoms with Crippen LogP contribution in [0.2, 0.25) is 0 Å². The fourth-order valence-corrected chi connectivity index (χ4v) is 3.96. The maximum absolute atomic E-state index is 3.49. The van der Waals surface area contributed by atoms with E-state index in [-0.39, 0.29) is 0 Å². The number of benzene rings is 1. The molecule has 18 heavy (non-hydrogen) atoms. The molecule has 2 aromatic rings. The first-order valence-corrected chi connectivity index (χ1v) is 8.59. The summed E-state index contributed by atoms with van der Waals surface area (Å²) in [7, 11) is 0. The van der Waals surface area contributed by atoms with Crippen LogP contribution in [0, 0.1) is 0 Å². The standard InChI is InChI=1S/C14H16BrNS2/c1-2-16-8-11-3-5-13(6-4-11)18-10-14-7-12(15)9-17-14/h3-7,9,16H,2,8,10H2,1H3.